The third kappa shape index (κ3) is 3.46. The van der Waals surface area contributed by atoms with Gasteiger partial charge in [-0.15, -0.1) is 0 Å². The molecular weight excluding hydrogens is 341 g/mol. The predicted octanol–water partition coefficient (Wildman–Crippen LogP) is 3.63. The molecule has 2 rings (SSSR count). The van der Waals surface area contributed by atoms with Crippen molar-refractivity contribution in [3.05, 3.63) is 63.9 Å². The van der Waals surface area contributed by atoms with Crippen molar-refractivity contribution in [1.82, 2.24) is 0 Å². The molecular formula is C15H11BrFNO3. The van der Waals surface area contributed by atoms with Crippen LogP contribution in [0.15, 0.2) is 46.9 Å². The molecule has 0 saturated carbocycles. The third-order valence-corrected chi connectivity index (χ3v) is 3.41. The van der Waals surface area contributed by atoms with E-state index in [2.05, 4.69) is 26.0 Å². The van der Waals surface area contributed by atoms with Crippen LogP contribution in [0.2, 0.25) is 0 Å². The van der Waals surface area contributed by atoms with E-state index in [9.17, 15) is 14.0 Å². The van der Waals surface area contributed by atoms with Crippen LogP contribution < -0.4 is 5.32 Å². The Bertz CT molecular complexity index is 703. The van der Waals surface area contributed by atoms with E-state index in [0.717, 1.165) is 0 Å². The van der Waals surface area contributed by atoms with Crippen molar-refractivity contribution in [3.8, 4) is 0 Å². The Morgan fingerprint density at radius 2 is 1.86 bits per heavy atom. The summed E-state index contributed by atoms with van der Waals surface area (Å²) >= 11 is 3.13. The van der Waals surface area contributed by atoms with E-state index in [4.69, 9.17) is 0 Å². The second-order valence-electron chi connectivity index (χ2n) is 4.12. The van der Waals surface area contributed by atoms with Crippen LogP contribution in [-0.2, 0) is 4.74 Å². The molecule has 0 unspecified atom stereocenters. The van der Waals surface area contributed by atoms with E-state index in [1.54, 1.807) is 24.3 Å². The van der Waals surface area contributed by atoms with Gasteiger partial charge in [0.05, 0.1) is 23.9 Å². The number of rotatable bonds is 3. The van der Waals surface area contributed by atoms with E-state index < -0.39 is 17.7 Å². The second-order valence-corrected chi connectivity index (χ2v) is 4.97. The second kappa shape index (κ2) is 6.49. The van der Waals surface area contributed by atoms with Gasteiger partial charge in [0.1, 0.15) is 5.82 Å². The lowest BCUT2D eigenvalue weighted by atomic mass is 10.1. The zero-order valence-electron chi connectivity index (χ0n) is 11.0. The molecule has 0 radical (unpaired) electrons. The molecule has 0 saturated heterocycles. The van der Waals surface area contributed by atoms with Crippen molar-refractivity contribution >= 4 is 33.5 Å². The Morgan fingerprint density at radius 3 is 2.52 bits per heavy atom. The maximum absolute atomic E-state index is 13.0. The van der Waals surface area contributed by atoms with Crippen LogP contribution in [0, 0.1) is 5.82 Å². The molecule has 6 heteroatoms. The van der Waals surface area contributed by atoms with Crippen LogP contribution in [0.3, 0.4) is 0 Å². The molecule has 21 heavy (non-hydrogen) atoms. The van der Waals surface area contributed by atoms with Crippen molar-refractivity contribution < 1.29 is 18.7 Å². The van der Waals surface area contributed by atoms with Gasteiger partial charge in [0, 0.05) is 4.47 Å². The first-order chi connectivity index (χ1) is 10.0. The largest absolute Gasteiger partial charge is 0.465 e. The fourth-order valence-electron chi connectivity index (χ4n) is 1.74. The highest BCUT2D eigenvalue weighted by molar-refractivity contribution is 9.10. The summed E-state index contributed by atoms with van der Waals surface area (Å²) in [6.07, 6.45) is 0. The number of hydrogen-bond acceptors (Lipinski definition) is 3. The highest BCUT2D eigenvalue weighted by Gasteiger charge is 2.16. The molecule has 0 fully saturated rings. The first-order valence-corrected chi connectivity index (χ1v) is 6.76. The van der Waals surface area contributed by atoms with Crippen LogP contribution in [0.1, 0.15) is 20.7 Å². The minimum Gasteiger partial charge on any atom is -0.465 e. The van der Waals surface area contributed by atoms with E-state index in [0.29, 0.717) is 10.2 Å². The zero-order valence-corrected chi connectivity index (χ0v) is 12.6. The van der Waals surface area contributed by atoms with Crippen molar-refractivity contribution in [2.45, 2.75) is 0 Å². The van der Waals surface area contributed by atoms with Gasteiger partial charge in [0.2, 0.25) is 0 Å². The molecule has 2 aromatic rings. The lowest BCUT2D eigenvalue weighted by molar-refractivity contribution is 0.0602. The highest BCUT2D eigenvalue weighted by atomic mass is 79.9. The number of amides is 1. The van der Waals surface area contributed by atoms with Crippen molar-refractivity contribution in [2.24, 2.45) is 0 Å². The van der Waals surface area contributed by atoms with E-state index in [-0.39, 0.29) is 11.1 Å². The standard InChI is InChI=1S/C15H11BrFNO3/c1-21-15(20)11-4-2-3-5-13(11)18-14(19)10-7-6-9(17)8-12(10)16/h2-8H,1H3,(H,18,19). The number of halogens is 2. The monoisotopic (exact) mass is 351 g/mol. The number of anilines is 1. The molecule has 0 aliphatic heterocycles. The fraction of sp³-hybridized carbons (Fsp3) is 0.0667. The fourth-order valence-corrected chi connectivity index (χ4v) is 2.27. The smallest absolute Gasteiger partial charge is 0.339 e. The van der Waals surface area contributed by atoms with Crippen LogP contribution in [-0.4, -0.2) is 19.0 Å². The molecule has 0 aromatic heterocycles. The number of benzene rings is 2. The zero-order chi connectivity index (χ0) is 15.4. The molecule has 2 aromatic carbocycles. The van der Waals surface area contributed by atoms with Gasteiger partial charge in [0.25, 0.3) is 5.91 Å². The summed E-state index contributed by atoms with van der Waals surface area (Å²) < 4.78 is 18.0. The summed E-state index contributed by atoms with van der Waals surface area (Å²) in [7, 11) is 1.26. The SMILES string of the molecule is COC(=O)c1ccccc1NC(=O)c1ccc(F)cc1Br. The maximum Gasteiger partial charge on any atom is 0.339 e. The minimum atomic E-state index is -0.552. The number of esters is 1. The molecule has 0 atom stereocenters. The Balaban J connectivity index is 2.30. The van der Waals surface area contributed by atoms with Crippen molar-refractivity contribution in [2.75, 3.05) is 12.4 Å². The van der Waals surface area contributed by atoms with Crippen LogP contribution in [0.25, 0.3) is 0 Å². The molecule has 0 aliphatic carbocycles. The molecule has 0 aliphatic rings. The summed E-state index contributed by atoms with van der Waals surface area (Å²) in [4.78, 5) is 23.8. The summed E-state index contributed by atoms with van der Waals surface area (Å²) in [5.41, 5.74) is 0.827. The first-order valence-electron chi connectivity index (χ1n) is 5.96. The number of carbonyl (C=O) groups excluding carboxylic acids is 2. The van der Waals surface area contributed by atoms with Crippen molar-refractivity contribution in [3.63, 3.8) is 0 Å². The van der Waals surface area contributed by atoms with Gasteiger partial charge in [-0.3, -0.25) is 4.79 Å². The van der Waals surface area contributed by atoms with Gasteiger partial charge in [-0.25, -0.2) is 9.18 Å². The number of methoxy groups -OCH3 is 1. The average Bonchev–Trinajstić information content (AvgIpc) is 2.46. The van der Waals surface area contributed by atoms with E-state index >= 15 is 0 Å². The van der Waals surface area contributed by atoms with E-state index in [1.165, 1.54) is 25.3 Å². The maximum atomic E-state index is 13.0. The summed E-state index contributed by atoms with van der Waals surface area (Å²) in [6.45, 7) is 0. The molecule has 108 valence electrons. The van der Waals surface area contributed by atoms with Gasteiger partial charge < -0.3 is 10.1 Å². The van der Waals surface area contributed by atoms with Crippen molar-refractivity contribution in [1.29, 1.82) is 0 Å². The number of ether oxygens (including phenoxy) is 1. The topological polar surface area (TPSA) is 55.4 Å². The first kappa shape index (κ1) is 15.2. The highest BCUT2D eigenvalue weighted by Crippen LogP contribution is 2.21. The quantitative estimate of drug-likeness (QED) is 0.859. The average molecular weight is 352 g/mol. The van der Waals surface area contributed by atoms with Gasteiger partial charge in [-0.05, 0) is 46.3 Å². The van der Waals surface area contributed by atoms with Gasteiger partial charge >= 0.3 is 5.97 Å². The molecule has 1 N–H and O–H groups in total. The number of carbonyl (C=O) groups is 2. The van der Waals surface area contributed by atoms with Gasteiger partial charge in [-0.2, -0.15) is 0 Å². The van der Waals surface area contributed by atoms with Crippen LogP contribution >= 0.6 is 15.9 Å². The lowest BCUT2D eigenvalue weighted by Crippen LogP contribution is -2.16. The Kier molecular flexibility index (Phi) is 4.70. The minimum absolute atomic E-state index is 0.242. The molecule has 1 amide bonds. The van der Waals surface area contributed by atoms with Crippen LogP contribution in [0.5, 0.6) is 0 Å². The summed E-state index contributed by atoms with van der Waals surface area (Å²) in [6, 6.07) is 10.2. The summed E-state index contributed by atoms with van der Waals surface area (Å²) in [5.74, 6) is -1.46. The van der Waals surface area contributed by atoms with Crippen LogP contribution in [0.4, 0.5) is 10.1 Å². The predicted molar refractivity (Wildman–Crippen MR) is 79.8 cm³/mol. The number of para-hydroxylation sites is 1. The number of hydrogen-bond donors (Lipinski definition) is 1. The molecule has 4 nitrogen and oxygen atoms in total. The molecule has 0 heterocycles. The summed E-state index contributed by atoms with van der Waals surface area (Å²) in [5, 5.41) is 2.61. The lowest BCUT2D eigenvalue weighted by Gasteiger charge is -2.10. The third-order valence-electron chi connectivity index (χ3n) is 2.76. The molecule has 0 bridgehead atoms. The number of nitrogens with one attached hydrogen (secondary N) is 1. The Labute approximate surface area is 129 Å². The molecule has 0 spiro atoms. The van der Waals surface area contributed by atoms with Gasteiger partial charge in [0.15, 0.2) is 0 Å². The van der Waals surface area contributed by atoms with E-state index in [1.807, 2.05) is 0 Å². The van der Waals surface area contributed by atoms with Gasteiger partial charge in [-0.1, -0.05) is 12.1 Å². The Morgan fingerprint density at radius 1 is 1.14 bits per heavy atom. The Hall–Kier alpha value is -2.21. The normalized spacial score (nSPS) is 10.0.